The van der Waals surface area contributed by atoms with Crippen molar-refractivity contribution in [3.8, 4) is 0 Å². The number of halogens is 3. The maximum absolute atomic E-state index is 12.6. The minimum atomic E-state index is -3.70. The van der Waals surface area contributed by atoms with E-state index < -0.39 is 10.0 Å². The molecule has 1 saturated heterocycles. The zero-order valence-electron chi connectivity index (χ0n) is 14.7. The second-order valence-electron chi connectivity index (χ2n) is 5.82. The lowest BCUT2D eigenvalue weighted by atomic mass is 10.2. The van der Waals surface area contributed by atoms with Crippen molar-refractivity contribution < 1.29 is 13.2 Å². The van der Waals surface area contributed by atoms with E-state index in [2.05, 4.69) is 14.6 Å². The van der Waals surface area contributed by atoms with Crippen molar-refractivity contribution in [2.45, 2.75) is 18.2 Å². The normalized spacial score (nSPS) is 14.9. The molecule has 1 aromatic carbocycles. The van der Waals surface area contributed by atoms with E-state index in [1.165, 1.54) is 17.4 Å². The average molecular weight is 475 g/mol. The number of rotatable bonds is 6. The van der Waals surface area contributed by atoms with Gasteiger partial charge in [0.1, 0.15) is 0 Å². The Labute approximate surface area is 181 Å². The molecule has 6 nitrogen and oxygen atoms in total. The quantitative estimate of drug-likeness (QED) is 0.692. The van der Waals surface area contributed by atoms with Crippen LogP contribution < -0.4 is 4.72 Å². The Bertz CT molecular complexity index is 840. The molecule has 2 aromatic rings. The van der Waals surface area contributed by atoms with Crippen LogP contribution in [-0.4, -0.2) is 51.1 Å². The summed E-state index contributed by atoms with van der Waals surface area (Å²) in [5, 5.41) is 2.69. The van der Waals surface area contributed by atoms with Gasteiger partial charge in [0.15, 0.2) is 5.13 Å². The summed E-state index contributed by atoms with van der Waals surface area (Å²) in [5.74, 6) is 0. The van der Waals surface area contributed by atoms with Crippen molar-refractivity contribution in [2.24, 2.45) is 0 Å². The molecule has 0 aliphatic carbocycles. The lowest BCUT2D eigenvalue weighted by Gasteiger charge is -2.26. The average Bonchev–Trinajstić information content (AvgIpc) is 3.03. The van der Waals surface area contributed by atoms with E-state index in [0.29, 0.717) is 15.7 Å². The van der Waals surface area contributed by atoms with Gasteiger partial charge in [0.2, 0.25) is 0 Å². The van der Waals surface area contributed by atoms with E-state index in [9.17, 15) is 8.42 Å². The molecule has 1 N–H and O–H groups in total. The van der Waals surface area contributed by atoms with Crippen molar-refractivity contribution in [2.75, 3.05) is 37.6 Å². The van der Waals surface area contributed by atoms with Gasteiger partial charge < -0.3 is 4.74 Å². The molecule has 27 heavy (non-hydrogen) atoms. The summed E-state index contributed by atoms with van der Waals surface area (Å²) >= 11 is 7.31. The lowest BCUT2D eigenvalue weighted by molar-refractivity contribution is 0.0383. The molecule has 0 unspecified atom stereocenters. The molecule has 1 aliphatic heterocycles. The van der Waals surface area contributed by atoms with E-state index in [1.54, 1.807) is 19.1 Å². The highest BCUT2D eigenvalue weighted by molar-refractivity contribution is 7.93. The number of thiazole rings is 1. The summed E-state index contributed by atoms with van der Waals surface area (Å²) in [5.41, 5.74) is 1.41. The Hall–Kier alpha value is -0.610. The Balaban J connectivity index is 0.00000182. The summed E-state index contributed by atoms with van der Waals surface area (Å²) in [6.07, 6.45) is 0.786. The standard InChI is InChI=1S/C16H20ClN3O3S2.2ClH/c1-12-14(17)3-2-4-15(12)25(21,22)19-16-18-13(11-24-16)5-6-20-7-9-23-10-8-20;;/h2-4,11H,5-10H2,1H3,(H,18,19);2*1H. The Morgan fingerprint density at radius 1 is 1.30 bits per heavy atom. The largest absolute Gasteiger partial charge is 0.379 e. The predicted octanol–water partition coefficient (Wildman–Crippen LogP) is 3.62. The number of hydrogen-bond acceptors (Lipinski definition) is 6. The Morgan fingerprint density at radius 3 is 2.70 bits per heavy atom. The van der Waals surface area contributed by atoms with Crippen LogP contribution in [0, 0.1) is 6.92 Å². The van der Waals surface area contributed by atoms with Gasteiger partial charge in [0.05, 0.1) is 23.8 Å². The van der Waals surface area contributed by atoms with Gasteiger partial charge >= 0.3 is 0 Å². The molecule has 11 heteroatoms. The van der Waals surface area contributed by atoms with E-state index >= 15 is 0 Å². The molecule has 0 spiro atoms. The fourth-order valence-electron chi connectivity index (χ4n) is 2.61. The topological polar surface area (TPSA) is 71.5 Å². The van der Waals surface area contributed by atoms with Crippen LogP contribution in [0.1, 0.15) is 11.3 Å². The fourth-order valence-corrected chi connectivity index (χ4v) is 5.11. The molecule has 0 radical (unpaired) electrons. The van der Waals surface area contributed by atoms with Crippen LogP contribution in [0.3, 0.4) is 0 Å². The van der Waals surface area contributed by atoms with Gasteiger partial charge in [0.25, 0.3) is 10.0 Å². The summed E-state index contributed by atoms with van der Waals surface area (Å²) in [7, 11) is -3.70. The van der Waals surface area contributed by atoms with Crippen molar-refractivity contribution in [1.82, 2.24) is 9.88 Å². The molecule has 1 fully saturated rings. The van der Waals surface area contributed by atoms with Gasteiger partial charge in [0, 0.05) is 36.5 Å². The van der Waals surface area contributed by atoms with Crippen LogP contribution >= 0.6 is 47.8 Å². The number of aromatic nitrogens is 1. The number of nitrogens with zero attached hydrogens (tertiary/aromatic N) is 2. The van der Waals surface area contributed by atoms with Crippen molar-refractivity contribution in [3.05, 3.63) is 39.9 Å². The first kappa shape index (κ1) is 24.4. The molecular weight excluding hydrogens is 453 g/mol. The fraction of sp³-hybridized carbons (Fsp3) is 0.438. The first-order chi connectivity index (χ1) is 12.0. The van der Waals surface area contributed by atoms with Crippen LogP contribution in [0.2, 0.25) is 5.02 Å². The third kappa shape index (κ3) is 6.45. The molecule has 0 bridgehead atoms. The number of hydrogen-bond donors (Lipinski definition) is 1. The van der Waals surface area contributed by atoms with E-state index in [1.807, 2.05) is 5.38 Å². The smallest absolute Gasteiger partial charge is 0.263 e. The van der Waals surface area contributed by atoms with Crippen LogP contribution in [0.4, 0.5) is 5.13 Å². The van der Waals surface area contributed by atoms with Crippen molar-refractivity contribution in [3.63, 3.8) is 0 Å². The number of nitrogens with one attached hydrogen (secondary N) is 1. The van der Waals surface area contributed by atoms with Crippen molar-refractivity contribution >= 4 is 62.9 Å². The third-order valence-corrected chi connectivity index (χ3v) is 6.90. The van der Waals surface area contributed by atoms with Crippen LogP contribution in [-0.2, 0) is 21.2 Å². The zero-order valence-corrected chi connectivity index (χ0v) is 18.7. The highest BCUT2D eigenvalue weighted by atomic mass is 35.5. The highest BCUT2D eigenvalue weighted by Gasteiger charge is 2.20. The number of morpholine rings is 1. The van der Waals surface area contributed by atoms with Gasteiger partial charge in [-0.1, -0.05) is 17.7 Å². The minimum absolute atomic E-state index is 0. The van der Waals surface area contributed by atoms with Crippen LogP contribution in [0.15, 0.2) is 28.5 Å². The molecule has 3 rings (SSSR count). The number of ether oxygens (including phenoxy) is 1. The maximum Gasteiger partial charge on any atom is 0.263 e. The van der Waals surface area contributed by atoms with Gasteiger partial charge in [-0.3, -0.25) is 9.62 Å². The molecule has 1 aromatic heterocycles. The maximum atomic E-state index is 12.6. The second-order valence-corrected chi connectivity index (χ2v) is 8.73. The monoisotopic (exact) mass is 473 g/mol. The van der Waals surface area contributed by atoms with E-state index in [0.717, 1.165) is 45.0 Å². The first-order valence-electron chi connectivity index (χ1n) is 7.98. The predicted molar refractivity (Wildman–Crippen MR) is 115 cm³/mol. The highest BCUT2D eigenvalue weighted by Crippen LogP contribution is 2.26. The van der Waals surface area contributed by atoms with Gasteiger partial charge in [-0.05, 0) is 24.6 Å². The second kappa shape index (κ2) is 10.8. The molecule has 0 atom stereocenters. The lowest BCUT2D eigenvalue weighted by Crippen LogP contribution is -2.37. The summed E-state index contributed by atoms with van der Waals surface area (Å²) < 4.78 is 33.0. The minimum Gasteiger partial charge on any atom is -0.379 e. The Morgan fingerprint density at radius 2 is 2.00 bits per heavy atom. The van der Waals surface area contributed by atoms with Crippen LogP contribution in [0.5, 0.6) is 0 Å². The molecule has 0 saturated carbocycles. The van der Waals surface area contributed by atoms with Crippen molar-refractivity contribution in [1.29, 1.82) is 0 Å². The molecule has 0 amide bonds. The zero-order chi connectivity index (χ0) is 17.9. The summed E-state index contributed by atoms with van der Waals surface area (Å²) in [6.45, 7) is 5.97. The third-order valence-electron chi connectivity index (χ3n) is 4.07. The van der Waals surface area contributed by atoms with Gasteiger partial charge in [-0.25, -0.2) is 13.4 Å². The molecule has 152 valence electrons. The summed E-state index contributed by atoms with van der Waals surface area (Å²) in [6, 6.07) is 4.83. The number of sulfonamides is 1. The van der Waals surface area contributed by atoms with E-state index in [4.69, 9.17) is 16.3 Å². The Kier molecular flexibility index (Phi) is 9.77. The van der Waals surface area contributed by atoms with E-state index in [-0.39, 0.29) is 29.7 Å². The van der Waals surface area contributed by atoms with Crippen LogP contribution in [0.25, 0.3) is 0 Å². The molecular formula is C16H22Cl3N3O3S2. The SMILES string of the molecule is Cc1c(Cl)cccc1S(=O)(=O)Nc1nc(CCN2CCOCC2)cs1.Cl.Cl. The molecule has 2 heterocycles. The molecule has 1 aliphatic rings. The number of anilines is 1. The van der Waals surface area contributed by atoms with Gasteiger partial charge in [-0.15, -0.1) is 36.2 Å². The van der Waals surface area contributed by atoms with Gasteiger partial charge in [-0.2, -0.15) is 0 Å². The first-order valence-corrected chi connectivity index (χ1v) is 10.7. The number of benzene rings is 1. The summed E-state index contributed by atoms with van der Waals surface area (Å²) in [4.78, 5) is 6.89.